The van der Waals surface area contributed by atoms with Gasteiger partial charge >= 0.3 is 0 Å². The van der Waals surface area contributed by atoms with Gasteiger partial charge in [-0.1, -0.05) is 23.7 Å². The molecule has 1 N–H and O–H groups in total. The van der Waals surface area contributed by atoms with Crippen LogP contribution < -0.4 is 4.74 Å². The zero-order valence-electron chi connectivity index (χ0n) is 15.9. The van der Waals surface area contributed by atoms with Crippen LogP contribution in [0, 0.1) is 5.92 Å². The van der Waals surface area contributed by atoms with Crippen molar-refractivity contribution in [2.24, 2.45) is 5.92 Å². The number of β-amino-alcohol motifs (C(OH)–C–C–N with tert-alkyl or cyclic N) is 1. The maximum Gasteiger partial charge on any atom is 0.175 e. The van der Waals surface area contributed by atoms with Gasteiger partial charge in [-0.3, -0.25) is 0 Å². The first kappa shape index (κ1) is 21.1. The molecule has 1 aliphatic rings. The van der Waals surface area contributed by atoms with E-state index < -0.39 is 15.9 Å². The zero-order valence-corrected chi connectivity index (χ0v) is 17.5. The summed E-state index contributed by atoms with van der Waals surface area (Å²) in [5, 5.41) is 11.1. The molecule has 152 valence electrons. The molecular formula is C21H26ClNO4S. The third-order valence-corrected chi connectivity index (χ3v) is 6.37. The molecule has 0 unspecified atom stereocenters. The number of ether oxygens (including phenoxy) is 1. The van der Waals surface area contributed by atoms with Gasteiger partial charge < -0.3 is 14.7 Å². The van der Waals surface area contributed by atoms with Gasteiger partial charge in [0.25, 0.3) is 0 Å². The number of aliphatic hydroxyl groups is 1. The first-order valence-electron chi connectivity index (χ1n) is 9.40. The first-order valence-corrected chi connectivity index (χ1v) is 11.7. The highest BCUT2D eigenvalue weighted by atomic mass is 35.5. The number of hydrogen-bond donors (Lipinski definition) is 1. The second-order valence-corrected chi connectivity index (χ2v) is 9.85. The van der Waals surface area contributed by atoms with Gasteiger partial charge in [-0.15, -0.1) is 0 Å². The Labute approximate surface area is 171 Å². The van der Waals surface area contributed by atoms with Crippen molar-refractivity contribution in [2.45, 2.75) is 23.8 Å². The fraction of sp³-hybridized carbons (Fsp3) is 0.429. The minimum Gasteiger partial charge on any atom is -0.493 e. The highest BCUT2D eigenvalue weighted by Crippen LogP contribution is 2.23. The van der Waals surface area contributed by atoms with E-state index in [0.29, 0.717) is 34.7 Å². The van der Waals surface area contributed by atoms with E-state index in [1.54, 1.807) is 36.4 Å². The van der Waals surface area contributed by atoms with Gasteiger partial charge in [-0.25, -0.2) is 8.42 Å². The highest BCUT2D eigenvalue weighted by Gasteiger charge is 2.23. The van der Waals surface area contributed by atoms with Gasteiger partial charge in [0.15, 0.2) is 9.84 Å². The average Bonchev–Trinajstić information content (AvgIpc) is 2.66. The van der Waals surface area contributed by atoms with Crippen molar-refractivity contribution in [3.63, 3.8) is 0 Å². The van der Waals surface area contributed by atoms with Gasteiger partial charge in [0.2, 0.25) is 0 Å². The van der Waals surface area contributed by atoms with Crippen LogP contribution in [-0.4, -0.2) is 50.9 Å². The Morgan fingerprint density at radius 1 is 1.25 bits per heavy atom. The monoisotopic (exact) mass is 423 g/mol. The summed E-state index contributed by atoms with van der Waals surface area (Å²) < 4.78 is 28.9. The molecule has 1 saturated heterocycles. The third-order valence-electron chi connectivity index (χ3n) is 5.01. The van der Waals surface area contributed by atoms with E-state index in [9.17, 15) is 13.5 Å². The van der Waals surface area contributed by atoms with E-state index in [1.165, 1.54) is 6.26 Å². The number of piperidine rings is 1. The summed E-state index contributed by atoms with van der Waals surface area (Å²) in [7, 11) is -3.19. The molecule has 2 atom stereocenters. The Balaban J connectivity index is 1.51. The van der Waals surface area contributed by atoms with Crippen molar-refractivity contribution in [1.82, 2.24) is 4.90 Å². The van der Waals surface area contributed by atoms with Crippen molar-refractivity contribution >= 4 is 21.4 Å². The van der Waals surface area contributed by atoms with Crippen LogP contribution in [0.15, 0.2) is 53.4 Å². The molecule has 0 spiro atoms. The van der Waals surface area contributed by atoms with E-state index in [-0.39, 0.29) is 0 Å². The van der Waals surface area contributed by atoms with Gasteiger partial charge in [0.05, 0.1) is 17.6 Å². The van der Waals surface area contributed by atoms with Gasteiger partial charge in [0.1, 0.15) is 5.75 Å². The van der Waals surface area contributed by atoms with Crippen LogP contribution in [0.4, 0.5) is 0 Å². The molecule has 3 rings (SSSR count). The summed E-state index contributed by atoms with van der Waals surface area (Å²) in [6.45, 7) is 2.96. The summed E-state index contributed by atoms with van der Waals surface area (Å²) in [6, 6.07) is 13.9. The predicted molar refractivity (Wildman–Crippen MR) is 111 cm³/mol. The van der Waals surface area contributed by atoms with Crippen molar-refractivity contribution in [1.29, 1.82) is 0 Å². The second kappa shape index (κ2) is 9.27. The lowest BCUT2D eigenvalue weighted by Gasteiger charge is -2.33. The summed E-state index contributed by atoms with van der Waals surface area (Å²) >= 11 is 6.01. The molecule has 7 heteroatoms. The quantitative estimate of drug-likeness (QED) is 0.737. The molecule has 0 aromatic heterocycles. The molecule has 0 aliphatic carbocycles. The topological polar surface area (TPSA) is 66.8 Å². The molecule has 5 nitrogen and oxygen atoms in total. The number of benzene rings is 2. The third kappa shape index (κ3) is 5.95. The lowest BCUT2D eigenvalue weighted by Crippen LogP contribution is -2.39. The normalized spacial score (nSPS) is 19.3. The van der Waals surface area contributed by atoms with Crippen molar-refractivity contribution in [3.05, 3.63) is 59.1 Å². The molecular weight excluding hydrogens is 398 g/mol. The predicted octanol–water partition coefficient (Wildman–Crippen LogP) is 3.57. The summed E-state index contributed by atoms with van der Waals surface area (Å²) in [5.41, 5.74) is 0.830. The number of sulfone groups is 1. The maximum absolute atomic E-state index is 11.5. The smallest absolute Gasteiger partial charge is 0.175 e. The summed E-state index contributed by atoms with van der Waals surface area (Å²) in [6.07, 6.45) is 2.76. The van der Waals surface area contributed by atoms with Gasteiger partial charge in [-0.05, 0) is 61.3 Å². The summed E-state index contributed by atoms with van der Waals surface area (Å²) in [5.74, 6) is 1.04. The lowest BCUT2D eigenvalue weighted by molar-refractivity contribution is 0.0714. The van der Waals surface area contributed by atoms with E-state index in [0.717, 1.165) is 31.5 Å². The number of nitrogens with zero attached hydrogens (tertiary/aromatic N) is 1. The second-order valence-electron chi connectivity index (χ2n) is 7.39. The van der Waals surface area contributed by atoms with Gasteiger partial charge in [-0.2, -0.15) is 0 Å². The molecule has 1 fully saturated rings. The van der Waals surface area contributed by atoms with E-state index in [2.05, 4.69) is 4.90 Å². The Kier molecular flexibility index (Phi) is 6.99. The van der Waals surface area contributed by atoms with Gasteiger partial charge in [0, 0.05) is 30.3 Å². The van der Waals surface area contributed by atoms with Crippen LogP contribution in [0.5, 0.6) is 5.75 Å². The van der Waals surface area contributed by atoms with Crippen LogP contribution in [0.25, 0.3) is 0 Å². The van der Waals surface area contributed by atoms with Crippen molar-refractivity contribution in [3.8, 4) is 5.75 Å². The number of aliphatic hydroxyl groups excluding tert-OH is 1. The largest absolute Gasteiger partial charge is 0.493 e. The molecule has 0 saturated carbocycles. The molecule has 0 bridgehead atoms. The molecule has 1 heterocycles. The zero-order chi connectivity index (χ0) is 20.1. The number of hydrogen-bond acceptors (Lipinski definition) is 5. The Bertz CT molecular complexity index is 886. The Hall–Kier alpha value is -1.60. The van der Waals surface area contributed by atoms with E-state index in [1.807, 2.05) is 12.1 Å². The van der Waals surface area contributed by atoms with Crippen LogP contribution in [0.3, 0.4) is 0 Å². The molecule has 28 heavy (non-hydrogen) atoms. The summed E-state index contributed by atoms with van der Waals surface area (Å²) in [4.78, 5) is 2.55. The fourth-order valence-electron chi connectivity index (χ4n) is 3.51. The number of halogens is 1. The molecule has 1 aliphatic heterocycles. The van der Waals surface area contributed by atoms with Crippen LogP contribution >= 0.6 is 11.6 Å². The van der Waals surface area contributed by atoms with Crippen LogP contribution in [0.2, 0.25) is 5.02 Å². The first-order chi connectivity index (χ1) is 13.3. The minimum atomic E-state index is -3.19. The van der Waals surface area contributed by atoms with E-state index in [4.69, 9.17) is 16.3 Å². The number of likely N-dealkylation sites (tertiary alicyclic amines) is 1. The maximum atomic E-state index is 11.5. The minimum absolute atomic E-state index is 0.290. The fourth-order valence-corrected chi connectivity index (χ4v) is 4.34. The lowest BCUT2D eigenvalue weighted by atomic mass is 9.98. The number of rotatable bonds is 7. The highest BCUT2D eigenvalue weighted by molar-refractivity contribution is 7.90. The van der Waals surface area contributed by atoms with Crippen LogP contribution in [-0.2, 0) is 9.84 Å². The molecule has 2 aromatic rings. The standard InChI is InChI=1S/C21H26ClNO4S/c1-28(25,26)20-9-7-19(8-10-20)27-15-16-4-3-11-23(13-16)14-21(24)17-5-2-6-18(22)12-17/h2,5-10,12,16,21,24H,3-4,11,13-15H2,1H3/t16-,21+/m1/s1. The molecule has 0 amide bonds. The van der Waals surface area contributed by atoms with E-state index >= 15 is 0 Å². The molecule has 0 radical (unpaired) electrons. The van der Waals surface area contributed by atoms with Crippen molar-refractivity contribution < 1.29 is 18.3 Å². The average molecular weight is 424 g/mol. The molecule has 2 aromatic carbocycles. The van der Waals surface area contributed by atoms with Crippen molar-refractivity contribution in [2.75, 3.05) is 32.5 Å². The van der Waals surface area contributed by atoms with Crippen LogP contribution in [0.1, 0.15) is 24.5 Å². The Morgan fingerprint density at radius 2 is 2.00 bits per heavy atom. The SMILES string of the molecule is CS(=O)(=O)c1ccc(OC[C@@H]2CCCN(C[C@H](O)c3cccc(Cl)c3)C2)cc1. The Morgan fingerprint density at radius 3 is 2.68 bits per heavy atom.